The highest BCUT2D eigenvalue weighted by Gasteiger charge is 2.13. The Labute approximate surface area is 132 Å². The molecule has 0 aliphatic carbocycles. The van der Waals surface area contributed by atoms with Crippen LogP contribution >= 0.6 is 0 Å². The van der Waals surface area contributed by atoms with E-state index < -0.39 is 0 Å². The molecular formula is C20H13N3. The van der Waals surface area contributed by atoms with E-state index in [1.54, 1.807) is 0 Å². The summed E-state index contributed by atoms with van der Waals surface area (Å²) in [6.07, 6.45) is 1.81. The van der Waals surface area contributed by atoms with E-state index in [4.69, 9.17) is 4.98 Å². The minimum Gasteiger partial charge on any atom is -0.305 e. The predicted molar refractivity (Wildman–Crippen MR) is 93.4 cm³/mol. The highest BCUT2D eigenvalue weighted by atomic mass is 15.0. The first-order chi connectivity index (χ1) is 11.4. The molecule has 0 aliphatic rings. The van der Waals surface area contributed by atoms with Gasteiger partial charge in [0.1, 0.15) is 5.69 Å². The van der Waals surface area contributed by atoms with E-state index in [2.05, 4.69) is 57.9 Å². The van der Waals surface area contributed by atoms with Crippen molar-refractivity contribution >= 4 is 27.5 Å². The molecular weight excluding hydrogens is 282 g/mol. The lowest BCUT2D eigenvalue weighted by molar-refractivity contribution is 1.23. The van der Waals surface area contributed by atoms with Gasteiger partial charge in [-0.3, -0.25) is 4.98 Å². The Hall–Kier alpha value is -3.20. The first-order valence-electron chi connectivity index (χ1n) is 7.62. The summed E-state index contributed by atoms with van der Waals surface area (Å²) in [5, 5.41) is 1.21. The third-order valence-electron chi connectivity index (χ3n) is 4.22. The molecule has 0 fully saturated rings. The van der Waals surface area contributed by atoms with Crippen molar-refractivity contribution in [1.29, 1.82) is 0 Å². The second-order valence-corrected chi connectivity index (χ2v) is 5.59. The van der Waals surface area contributed by atoms with Crippen molar-refractivity contribution in [3.05, 3.63) is 79.0 Å². The van der Waals surface area contributed by atoms with Crippen molar-refractivity contribution < 1.29 is 0 Å². The minimum absolute atomic E-state index is 0.894. The number of pyridine rings is 1. The average Bonchev–Trinajstić information content (AvgIpc) is 3.01. The molecule has 5 rings (SSSR count). The zero-order valence-corrected chi connectivity index (χ0v) is 12.3. The molecule has 0 atom stereocenters. The molecule has 0 N–H and O–H groups in total. The summed E-state index contributed by atoms with van der Waals surface area (Å²) in [6.45, 7) is 0. The number of aromatic nitrogens is 3. The summed E-state index contributed by atoms with van der Waals surface area (Å²) in [7, 11) is 0. The van der Waals surface area contributed by atoms with Crippen LogP contribution in [0.25, 0.3) is 38.8 Å². The van der Waals surface area contributed by atoms with Gasteiger partial charge in [-0.25, -0.2) is 4.98 Å². The van der Waals surface area contributed by atoms with Gasteiger partial charge >= 0.3 is 0 Å². The largest absolute Gasteiger partial charge is 0.305 e. The summed E-state index contributed by atoms with van der Waals surface area (Å²) < 4.78 is 2.28. The standard InChI is InChI=1S/C20H13N3/c1-3-10-17-14(7-1)13-19-20(16-9-5-6-12-21-16)22-15-8-2-4-11-18(15)23(17)19/h1-13H. The van der Waals surface area contributed by atoms with Crippen molar-refractivity contribution in [2.75, 3.05) is 0 Å². The molecule has 0 spiro atoms. The lowest BCUT2D eigenvalue weighted by Crippen LogP contribution is -1.96. The number of rotatable bonds is 1. The van der Waals surface area contributed by atoms with Crippen LogP contribution in [-0.4, -0.2) is 14.4 Å². The quantitative estimate of drug-likeness (QED) is 0.448. The Morgan fingerprint density at radius 1 is 0.696 bits per heavy atom. The fourth-order valence-corrected chi connectivity index (χ4v) is 3.21. The number of hydrogen-bond donors (Lipinski definition) is 0. The lowest BCUT2D eigenvalue weighted by atomic mass is 10.2. The molecule has 3 aromatic heterocycles. The third kappa shape index (κ3) is 1.77. The van der Waals surface area contributed by atoms with Gasteiger partial charge in [-0.1, -0.05) is 36.4 Å². The van der Waals surface area contributed by atoms with Crippen LogP contribution in [0.2, 0.25) is 0 Å². The minimum atomic E-state index is 0.894. The van der Waals surface area contributed by atoms with Crippen molar-refractivity contribution in [3.63, 3.8) is 0 Å². The maximum atomic E-state index is 4.89. The maximum Gasteiger partial charge on any atom is 0.113 e. The SMILES string of the molecule is c1ccc(-c2nc3ccccc3n3c2cc2ccccc23)nc1. The van der Waals surface area contributed by atoms with Gasteiger partial charge in [0, 0.05) is 11.6 Å². The lowest BCUT2D eigenvalue weighted by Gasteiger charge is -2.08. The number of nitrogens with zero attached hydrogens (tertiary/aromatic N) is 3. The van der Waals surface area contributed by atoms with E-state index in [9.17, 15) is 0 Å². The molecule has 0 saturated carbocycles. The van der Waals surface area contributed by atoms with Crippen LogP contribution in [0, 0.1) is 0 Å². The predicted octanol–water partition coefficient (Wildman–Crippen LogP) is 4.70. The zero-order valence-electron chi connectivity index (χ0n) is 12.3. The van der Waals surface area contributed by atoms with Crippen molar-refractivity contribution in [2.24, 2.45) is 0 Å². The number of hydrogen-bond acceptors (Lipinski definition) is 2. The van der Waals surface area contributed by atoms with Gasteiger partial charge in [0.2, 0.25) is 0 Å². The van der Waals surface area contributed by atoms with Gasteiger partial charge in [-0.15, -0.1) is 0 Å². The molecule has 3 nitrogen and oxygen atoms in total. The molecule has 0 aliphatic heterocycles. The molecule has 3 heteroatoms. The molecule has 23 heavy (non-hydrogen) atoms. The third-order valence-corrected chi connectivity index (χ3v) is 4.22. The highest BCUT2D eigenvalue weighted by molar-refractivity contribution is 5.98. The normalized spacial score (nSPS) is 11.5. The molecule has 0 unspecified atom stereocenters. The first kappa shape index (κ1) is 12.4. The highest BCUT2D eigenvalue weighted by Crippen LogP contribution is 2.30. The van der Waals surface area contributed by atoms with Gasteiger partial charge in [0.05, 0.1) is 27.8 Å². The van der Waals surface area contributed by atoms with Crippen LogP contribution in [0.5, 0.6) is 0 Å². The smallest absolute Gasteiger partial charge is 0.113 e. The van der Waals surface area contributed by atoms with Crippen molar-refractivity contribution in [3.8, 4) is 11.4 Å². The second-order valence-electron chi connectivity index (χ2n) is 5.59. The summed E-state index contributed by atoms with van der Waals surface area (Å²) in [6, 6.07) is 24.8. The molecule has 5 aromatic rings. The number of para-hydroxylation sites is 3. The summed E-state index contributed by atoms with van der Waals surface area (Å²) in [5.74, 6) is 0. The van der Waals surface area contributed by atoms with Gasteiger partial charge in [-0.2, -0.15) is 0 Å². The van der Waals surface area contributed by atoms with Crippen LogP contribution in [0.4, 0.5) is 0 Å². The molecule has 0 radical (unpaired) electrons. The van der Waals surface area contributed by atoms with Crippen molar-refractivity contribution in [2.45, 2.75) is 0 Å². The van der Waals surface area contributed by atoms with Gasteiger partial charge < -0.3 is 4.40 Å². The molecule has 108 valence electrons. The summed E-state index contributed by atoms with van der Waals surface area (Å²) >= 11 is 0. The van der Waals surface area contributed by atoms with Crippen LogP contribution in [0.1, 0.15) is 0 Å². The van der Waals surface area contributed by atoms with Gasteiger partial charge in [0.25, 0.3) is 0 Å². The Morgan fingerprint density at radius 3 is 2.35 bits per heavy atom. The van der Waals surface area contributed by atoms with E-state index in [0.29, 0.717) is 0 Å². The Balaban J connectivity index is 2.05. The summed E-state index contributed by atoms with van der Waals surface area (Å²) in [5.41, 5.74) is 6.18. The van der Waals surface area contributed by atoms with Gasteiger partial charge in [0.15, 0.2) is 0 Å². The van der Waals surface area contributed by atoms with Crippen LogP contribution in [0.15, 0.2) is 79.0 Å². The van der Waals surface area contributed by atoms with Crippen LogP contribution in [-0.2, 0) is 0 Å². The number of fused-ring (bicyclic) bond motifs is 5. The van der Waals surface area contributed by atoms with Crippen LogP contribution in [0.3, 0.4) is 0 Å². The van der Waals surface area contributed by atoms with Crippen molar-refractivity contribution in [1.82, 2.24) is 14.4 Å². The summed E-state index contributed by atoms with van der Waals surface area (Å²) in [4.78, 5) is 9.39. The molecule has 3 heterocycles. The first-order valence-corrected chi connectivity index (χ1v) is 7.62. The van der Waals surface area contributed by atoms with E-state index in [0.717, 1.165) is 27.9 Å². The molecule has 0 amide bonds. The molecule has 2 aromatic carbocycles. The average molecular weight is 295 g/mol. The fourth-order valence-electron chi connectivity index (χ4n) is 3.21. The number of benzene rings is 2. The monoisotopic (exact) mass is 295 g/mol. The maximum absolute atomic E-state index is 4.89. The Morgan fingerprint density at radius 2 is 1.48 bits per heavy atom. The van der Waals surface area contributed by atoms with E-state index in [-0.39, 0.29) is 0 Å². The zero-order chi connectivity index (χ0) is 15.2. The van der Waals surface area contributed by atoms with Gasteiger partial charge in [-0.05, 0) is 36.4 Å². The molecule has 0 saturated heterocycles. The van der Waals surface area contributed by atoms with Crippen LogP contribution < -0.4 is 0 Å². The van der Waals surface area contributed by atoms with E-state index in [1.807, 2.05) is 30.5 Å². The fraction of sp³-hybridized carbons (Fsp3) is 0. The van der Waals surface area contributed by atoms with E-state index in [1.165, 1.54) is 10.9 Å². The molecule has 0 bridgehead atoms. The Bertz CT molecular complexity index is 1160. The Kier molecular flexibility index (Phi) is 2.50. The second kappa shape index (κ2) is 4.65. The van der Waals surface area contributed by atoms with E-state index >= 15 is 0 Å². The topological polar surface area (TPSA) is 30.2 Å².